The number of allylic oxidation sites excluding steroid dienone is 1. The Morgan fingerprint density at radius 2 is 1.73 bits per heavy atom. The summed E-state index contributed by atoms with van der Waals surface area (Å²) in [7, 11) is 2.08. The van der Waals surface area contributed by atoms with E-state index in [4.69, 9.17) is 0 Å². The van der Waals surface area contributed by atoms with Gasteiger partial charge in [-0.25, -0.2) is 9.59 Å². The van der Waals surface area contributed by atoms with Gasteiger partial charge in [0.2, 0.25) is 0 Å². The molecule has 3 heterocycles. The van der Waals surface area contributed by atoms with Crippen molar-refractivity contribution in [3.63, 3.8) is 0 Å². The lowest BCUT2D eigenvalue weighted by atomic mass is 10.0. The minimum absolute atomic E-state index is 0.107. The summed E-state index contributed by atoms with van der Waals surface area (Å²) in [6.07, 6.45) is 3.04. The average Bonchev–Trinajstić information content (AvgIpc) is 3.37. The highest BCUT2D eigenvalue weighted by Crippen LogP contribution is 2.50. The maximum absolute atomic E-state index is 14.7. The highest BCUT2D eigenvalue weighted by molar-refractivity contribution is 6.24. The van der Waals surface area contributed by atoms with Crippen molar-refractivity contribution in [1.29, 1.82) is 0 Å². The number of aromatic amines is 1. The Hall–Kier alpha value is -3.26. The van der Waals surface area contributed by atoms with Gasteiger partial charge in [0.15, 0.2) is 11.4 Å². The Bertz CT molecular complexity index is 1270. The zero-order chi connectivity index (χ0) is 23.2. The lowest BCUT2D eigenvalue weighted by molar-refractivity contribution is -0.130. The number of nitrogens with one attached hydrogen (secondary N) is 1. The molecule has 0 saturated carbocycles. The molecule has 5 rings (SSSR count). The lowest BCUT2D eigenvalue weighted by Gasteiger charge is -2.45. The summed E-state index contributed by atoms with van der Waals surface area (Å²) >= 11 is 0. The number of amides is 1. The van der Waals surface area contributed by atoms with Crippen molar-refractivity contribution in [3.05, 3.63) is 71.6 Å². The molecule has 1 saturated heterocycles. The van der Waals surface area contributed by atoms with E-state index in [1.54, 1.807) is 6.20 Å². The Balaban J connectivity index is 1.82. The van der Waals surface area contributed by atoms with Crippen LogP contribution in [-0.2, 0) is 4.79 Å². The van der Waals surface area contributed by atoms with Crippen LogP contribution in [0.1, 0.15) is 35.7 Å². The fourth-order valence-electron chi connectivity index (χ4n) is 5.39. The fraction of sp³-hybridized carbons (Fsp3) is 0.308. The Morgan fingerprint density at radius 3 is 2.45 bits per heavy atom. The summed E-state index contributed by atoms with van der Waals surface area (Å²) in [5.74, 6) is -1.09. The van der Waals surface area contributed by atoms with Crippen LogP contribution in [0, 0.1) is 0 Å². The Kier molecular flexibility index (Phi) is 5.40. The molecule has 0 aliphatic carbocycles. The number of piperazine rings is 1. The normalized spacial score (nSPS) is 21.5. The molecule has 2 aliphatic rings. The summed E-state index contributed by atoms with van der Waals surface area (Å²) in [6, 6.07) is 15.3. The molecule has 2 aliphatic heterocycles. The van der Waals surface area contributed by atoms with Gasteiger partial charge in [-0.3, -0.25) is 0 Å². The maximum atomic E-state index is 14.7. The zero-order valence-corrected chi connectivity index (χ0v) is 19.0. The van der Waals surface area contributed by atoms with Crippen LogP contribution in [0.15, 0.2) is 60.4 Å². The molecular formula is C26H29N4O3+. The van der Waals surface area contributed by atoms with Gasteiger partial charge in [0.05, 0.1) is 18.7 Å². The third-order valence-corrected chi connectivity index (χ3v) is 6.92. The van der Waals surface area contributed by atoms with Gasteiger partial charge in [0.1, 0.15) is 11.1 Å². The van der Waals surface area contributed by atoms with Gasteiger partial charge in [0.25, 0.3) is 0 Å². The average molecular weight is 446 g/mol. The first-order valence-corrected chi connectivity index (χ1v) is 11.5. The quantitative estimate of drug-likeness (QED) is 0.579. The number of aromatic nitrogens is 1. The molecule has 170 valence electrons. The molecule has 7 nitrogen and oxygen atoms in total. The van der Waals surface area contributed by atoms with E-state index in [2.05, 4.69) is 21.9 Å². The standard InChI is InChI=1S/C26H28N4O3/c1-3-8-23-24(26(32)33)19-10-5-7-12-22(19)30(23,29-15-13-28(2)14-16-29)25(31)20-17-27-21-11-6-4-9-18(20)21/h4-7,9-12,17H,3,8,13-16H2,1-2H3,(H-,27,31,32,33)/p+1. The smallest absolute Gasteiger partial charge is 0.377 e. The summed E-state index contributed by atoms with van der Waals surface area (Å²) in [6.45, 7) is 4.98. The number of carboxylic acids is 1. The van der Waals surface area contributed by atoms with Gasteiger partial charge >= 0.3 is 11.9 Å². The van der Waals surface area contributed by atoms with Gasteiger partial charge < -0.3 is 15.0 Å². The third-order valence-electron chi connectivity index (χ3n) is 6.92. The molecule has 2 N–H and O–H groups in total. The molecule has 1 unspecified atom stereocenters. The van der Waals surface area contributed by atoms with Crippen molar-refractivity contribution in [2.75, 3.05) is 33.2 Å². The molecule has 0 bridgehead atoms. The third kappa shape index (κ3) is 3.15. The van der Waals surface area contributed by atoms with E-state index >= 15 is 0 Å². The number of nitrogens with zero attached hydrogens (tertiary/aromatic N) is 3. The van der Waals surface area contributed by atoms with Crippen LogP contribution in [-0.4, -0.2) is 65.1 Å². The lowest BCUT2D eigenvalue weighted by Crippen LogP contribution is -2.67. The predicted molar refractivity (Wildman–Crippen MR) is 129 cm³/mol. The number of quaternary nitrogens is 1. The van der Waals surface area contributed by atoms with E-state index in [0.717, 1.165) is 36.1 Å². The van der Waals surface area contributed by atoms with Gasteiger partial charge in [0, 0.05) is 42.7 Å². The van der Waals surface area contributed by atoms with Crippen LogP contribution in [0.5, 0.6) is 0 Å². The minimum atomic E-state index is -0.980. The first-order chi connectivity index (χ1) is 16.0. The predicted octanol–water partition coefficient (Wildman–Crippen LogP) is 4.09. The van der Waals surface area contributed by atoms with Crippen molar-refractivity contribution in [1.82, 2.24) is 19.5 Å². The van der Waals surface area contributed by atoms with Crippen molar-refractivity contribution in [2.24, 2.45) is 0 Å². The summed E-state index contributed by atoms with van der Waals surface area (Å²) in [5, 5.41) is 13.3. The summed E-state index contributed by atoms with van der Waals surface area (Å²) in [4.78, 5) is 32.8. The number of rotatable bonds is 5. The van der Waals surface area contributed by atoms with Crippen LogP contribution >= 0.6 is 0 Å². The molecule has 1 fully saturated rings. The zero-order valence-electron chi connectivity index (χ0n) is 19.0. The second-order valence-electron chi connectivity index (χ2n) is 8.84. The van der Waals surface area contributed by atoms with Crippen molar-refractivity contribution in [3.8, 4) is 0 Å². The van der Waals surface area contributed by atoms with Crippen molar-refractivity contribution >= 4 is 34.0 Å². The molecule has 3 aromatic rings. The fourth-order valence-corrected chi connectivity index (χ4v) is 5.39. The number of H-pyrrole nitrogens is 1. The number of benzene rings is 2. The molecule has 0 spiro atoms. The van der Waals surface area contributed by atoms with Gasteiger partial charge in [-0.05, 0) is 25.6 Å². The summed E-state index contributed by atoms with van der Waals surface area (Å²) < 4.78 is -0.165. The number of likely N-dealkylation sites (N-methyl/N-ethyl adjacent to an activating group) is 1. The number of hydrogen-bond donors (Lipinski definition) is 2. The highest BCUT2D eigenvalue weighted by Gasteiger charge is 2.58. The molecule has 7 heteroatoms. The number of aliphatic carboxylic acids is 1. The molecule has 1 atom stereocenters. The number of carboxylic acid groups (broad SMARTS) is 1. The van der Waals surface area contributed by atoms with Crippen molar-refractivity contribution < 1.29 is 14.7 Å². The minimum Gasteiger partial charge on any atom is -0.477 e. The van der Waals surface area contributed by atoms with Crippen LogP contribution < -0.4 is 4.59 Å². The van der Waals surface area contributed by atoms with Gasteiger partial charge in [-0.15, -0.1) is 9.60 Å². The largest absolute Gasteiger partial charge is 0.477 e. The van der Waals surface area contributed by atoms with E-state index in [1.807, 2.05) is 55.5 Å². The highest BCUT2D eigenvalue weighted by atomic mass is 16.4. The number of hydrogen-bond acceptors (Lipinski definition) is 4. The van der Waals surface area contributed by atoms with E-state index in [9.17, 15) is 14.7 Å². The summed E-state index contributed by atoms with van der Waals surface area (Å²) in [5.41, 5.74) is 3.77. The Labute approximate surface area is 193 Å². The van der Waals surface area contributed by atoms with E-state index in [-0.39, 0.29) is 16.1 Å². The topological polar surface area (TPSA) is 76.6 Å². The maximum Gasteiger partial charge on any atom is 0.377 e. The van der Waals surface area contributed by atoms with Crippen LogP contribution in [0.2, 0.25) is 0 Å². The first kappa shape index (κ1) is 21.6. The molecule has 2 aromatic carbocycles. The van der Waals surface area contributed by atoms with E-state index in [1.165, 1.54) is 0 Å². The number of carbonyl (C=O) groups is 2. The number of carbonyl (C=O) groups excluding carboxylic acids is 1. The molecule has 0 radical (unpaired) electrons. The molecule has 33 heavy (non-hydrogen) atoms. The van der Waals surface area contributed by atoms with Crippen LogP contribution in [0.25, 0.3) is 16.5 Å². The number of para-hydroxylation sites is 2. The van der Waals surface area contributed by atoms with Crippen LogP contribution in [0.3, 0.4) is 0 Å². The Morgan fingerprint density at radius 1 is 1.03 bits per heavy atom. The monoisotopic (exact) mass is 445 g/mol. The van der Waals surface area contributed by atoms with Gasteiger partial charge in [-0.1, -0.05) is 37.3 Å². The molecular weight excluding hydrogens is 416 g/mol. The number of fused-ring (bicyclic) bond motifs is 2. The van der Waals surface area contributed by atoms with Gasteiger partial charge in [-0.2, -0.15) is 0 Å². The van der Waals surface area contributed by atoms with E-state index < -0.39 is 5.97 Å². The second kappa shape index (κ2) is 8.26. The first-order valence-electron chi connectivity index (χ1n) is 11.5. The molecule has 1 amide bonds. The van der Waals surface area contributed by atoms with Crippen LogP contribution in [0.4, 0.5) is 5.69 Å². The molecule has 1 aromatic heterocycles. The van der Waals surface area contributed by atoms with Crippen molar-refractivity contribution in [2.45, 2.75) is 19.8 Å². The second-order valence-corrected chi connectivity index (χ2v) is 8.84. The van der Waals surface area contributed by atoms with E-state index in [0.29, 0.717) is 36.3 Å². The SMILES string of the molecule is CCCC1=C(C(=O)O)c2ccccc2[N+]1(C(=O)c1c[nH]c2ccccc12)N1CCN(C)CC1.